The minimum atomic E-state index is -1.24. The Morgan fingerprint density at radius 1 is 0.963 bits per heavy atom. The summed E-state index contributed by atoms with van der Waals surface area (Å²) >= 11 is 0. The Bertz CT molecular complexity index is 1270. The minimum Gasteiger partial charge on any atom is -0.462 e. The van der Waals surface area contributed by atoms with E-state index in [2.05, 4.69) is 0 Å². The van der Waals surface area contributed by atoms with Crippen LogP contribution in [0.1, 0.15) is 73.6 Å². The Morgan fingerprint density at radius 3 is 2.24 bits per heavy atom. The zero-order valence-electron chi connectivity index (χ0n) is 33.6. The summed E-state index contributed by atoms with van der Waals surface area (Å²) in [4.78, 5) is 41.2. The lowest BCUT2D eigenvalue weighted by Gasteiger charge is -2.44. The SMILES string of the molecule is CCC1OC(=O)CC(O)C(C)C(OC2CC(N(C)C)C(O)C(C)O2)C(CC=O)CC(C)C(=O)C=CC2(C)OC2C1COC1OC(C)C(O)C(OC)C1OC. The number of rotatable bonds is 11. The smallest absolute Gasteiger partial charge is 0.308 e. The predicted octanol–water partition coefficient (Wildman–Crippen LogP) is 1.80. The number of cyclic esters (lactones) is 1. The molecule has 0 aromatic carbocycles. The Kier molecular flexibility index (Phi) is 16.2. The van der Waals surface area contributed by atoms with Crippen molar-refractivity contribution in [3.8, 4) is 0 Å². The molecule has 3 fully saturated rings. The van der Waals surface area contributed by atoms with Crippen molar-refractivity contribution >= 4 is 18.0 Å². The molecule has 54 heavy (non-hydrogen) atoms. The molecule has 4 heterocycles. The van der Waals surface area contributed by atoms with Crippen LogP contribution in [-0.4, -0.2) is 158 Å². The molecule has 18 atom stereocenters. The monoisotopic (exact) mass is 771 g/mol. The van der Waals surface area contributed by atoms with Crippen LogP contribution in [0.4, 0.5) is 0 Å². The molecule has 4 aliphatic heterocycles. The van der Waals surface area contributed by atoms with Gasteiger partial charge in [0.25, 0.3) is 0 Å². The Hall–Kier alpha value is -1.89. The second kappa shape index (κ2) is 19.5. The van der Waals surface area contributed by atoms with Crippen LogP contribution >= 0.6 is 0 Å². The highest BCUT2D eigenvalue weighted by Gasteiger charge is 2.57. The van der Waals surface area contributed by atoms with Crippen molar-refractivity contribution in [1.29, 1.82) is 0 Å². The molecule has 4 rings (SSSR count). The van der Waals surface area contributed by atoms with Gasteiger partial charge < -0.3 is 62.9 Å². The van der Waals surface area contributed by atoms with Gasteiger partial charge in [0.05, 0.1) is 49.7 Å². The molecule has 0 amide bonds. The lowest BCUT2D eigenvalue weighted by Crippen LogP contribution is -2.59. The van der Waals surface area contributed by atoms with E-state index >= 15 is 0 Å². The van der Waals surface area contributed by atoms with Gasteiger partial charge >= 0.3 is 5.97 Å². The number of likely N-dealkylation sites (N-methyl/N-ethyl adjacent to an activating group) is 1. The van der Waals surface area contributed by atoms with Crippen molar-refractivity contribution in [2.24, 2.45) is 23.7 Å². The third-order valence-electron chi connectivity index (χ3n) is 11.9. The van der Waals surface area contributed by atoms with E-state index < -0.39 is 109 Å². The van der Waals surface area contributed by atoms with Gasteiger partial charge in [0.1, 0.15) is 36.3 Å². The van der Waals surface area contributed by atoms with Gasteiger partial charge in [-0.1, -0.05) is 20.8 Å². The number of carbonyl (C=O) groups excluding carboxylic acids is 3. The topological polar surface area (TPSA) is 192 Å². The highest BCUT2D eigenvalue weighted by molar-refractivity contribution is 5.91. The normalized spacial score (nSPS) is 45.5. The van der Waals surface area contributed by atoms with Crippen LogP contribution in [0.15, 0.2) is 12.2 Å². The summed E-state index contributed by atoms with van der Waals surface area (Å²) in [5, 5.41) is 33.0. The molecule has 0 radical (unpaired) electrons. The number of aliphatic hydroxyl groups is 3. The minimum absolute atomic E-state index is 0.0126. The van der Waals surface area contributed by atoms with Gasteiger partial charge in [0.2, 0.25) is 0 Å². The first kappa shape index (κ1) is 44.8. The van der Waals surface area contributed by atoms with E-state index in [1.807, 2.05) is 32.8 Å². The molecule has 4 aliphatic rings. The van der Waals surface area contributed by atoms with Gasteiger partial charge in [-0.05, 0) is 65.8 Å². The van der Waals surface area contributed by atoms with Crippen LogP contribution in [0.5, 0.6) is 0 Å². The second-order valence-corrected chi connectivity index (χ2v) is 16.1. The van der Waals surface area contributed by atoms with E-state index in [1.54, 1.807) is 33.8 Å². The van der Waals surface area contributed by atoms with Crippen LogP contribution < -0.4 is 0 Å². The number of hydrogen-bond acceptors (Lipinski definition) is 15. The molecular formula is C39H65NO14. The highest BCUT2D eigenvalue weighted by atomic mass is 16.7. The van der Waals surface area contributed by atoms with E-state index in [0.29, 0.717) is 12.8 Å². The Labute approximate surface area is 319 Å². The van der Waals surface area contributed by atoms with Crippen molar-refractivity contribution in [1.82, 2.24) is 4.90 Å². The van der Waals surface area contributed by atoms with Gasteiger partial charge in [-0.15, -0.1) is 0 Å². The number of aliphatic hydroxyl groups excluding tert-OH is 3. The molecular weight excluding hydrogens is 706 g/mol. The van der Waals surface area contributed by atoms with Crippen LogP contribution in [0.2, 0.25) is 0 Å². The fourth-order valence-corrected chi connectivity index (χ4v) is 8.33. The average molecular weight is 772 g/mol. The van der Waals surface area contributed by atoms with Crippen LogP contribution in [0.3, 0.4) is 0 Å². The maximum Gasteiger partial charge on any atom is 0.308 e. The van der Waals surface area contributed by atoms with Crippen molar-refractivity contribution < 1.29 is 67.6 Å². The number of epoxide rings is 1. The van der Waals surface area contributed by atoms with Crippen molar-refractivity contribution in [3.63, 3.8) is 0 Å². The number of fused-ring (bicyclic) bond motifs is 1. The number of nitrogens with zero attached hydrogens (tertiary/aromatic N) is 1. The number of ketones is 1. The summed E-state index contributed by atoms with van der Waals surface area (Å²) in [6.45, 7) is 10.7. The summed E-state index contributed by atoms with van der Waals surface area (Å²) in [7, 11) is 6.68. The van der Waals surface area contributed by atoms with E-state index in [-0.39, 0.29) is 37.7 Å². The average Bonchev–Trinajstić information content (AvgIpc) is 3.80. The molecule has 15 nitrogen and oxygen atoms in total. The molecule has 0 bridgehead atoms. The van der Waals surface area contributed by atoms with Crippen LogP contribution in [0.25, 0.3) is 0 Å². The summed E-state index contributed by atoms with van der Waals surface area (Å²) < 4.78 is 48.4. The molecule has 0 aliphatic carbocycles. The zero-order valence-corrected chi connectivity index (χ0v) is 33.6. The number of aldehydes is 1. The first-order valence-electron chi connectivity index (χ1n) is 19.4. The molecule has 3 N–H and O–H groups in total. The molecule has 310 valence electrons. The summed E-state index contributed by atoms with van der Waals surface area (Å²) in [6.07, 6.45) is -4.59. The van der Waals surface area contributed by atoms with Gasteiger partial charge in [0, 0.05) is 50.9 Å². The van der Waals surface area contributed by atoms with E-state index in [4.69, 9.17) is 37.9 Å². The van der Waals surface area contributed by atoms with Crippen LogP contribution in [0, 0.1) is 23.7 Å². The number of ether oxygens (including phenoxy) is 8. The first-order chi connectivity index (χ1) is 25.5. The number of esters is 1. The van der Waals surface area contributed by atoms with Gasteiger partial charge in [-0.3, -0.25) is 9.59 Å². The van der Waals surface area contributed by atoms with E-state index in [0.717, 1.165) is 6.29 Å². The first-order valence-corrected chi connectivity index (χ1v) is 19.4. The second-order valence-electron chi connectivity index (χ2n) is 16.1. The highest BCUT2D eigenvalue weighted by Crippen LogP contribution is 2.45. The lowest BCUT2D eigenvalue weighted by molar-refractivity contribution is -0.305. The number of allylic oxidation sites excluding steroid dienone is 1. The van der Waals surface area contributed by atoms with E-state index in [9.17, 15) is 29.7 Å². The Balaban J connectivity index is 1.62. The molecule has 15 heteroatoms. The predicted molar refractivity (Wildman–Crippen MR) is 194 cm³/mol. The summed E-state index contributed by atoms with van der Waals surface area (Å²) in [5.74, 6) is -3.04. The third-order valence-corrected chi connectivity index (χ3v) is 11.9. The summed E-state index contributed by atoms with van der Waals surface area (Å²) in [6, 6.07) is -0.269. The van der Waals surface area contributed by atoms with Crippen molar-refractivity contribution in [2.45, 2.75) is 159 Å². The number of carbonyl (C=O) groups is 3. The molecule has 0 spiro atoms. The van der Waals surface area contributed by atoms with Gasteiger partial charge in [-0.25, -0.2) is 0 Å². The molecule has 18 unspecified atom stereocenters. The van der Waals surface area contributed by atoms with Gasteiger partial charge in [-0.2, -0.15) is 0 Å². The maximum absolute atomic E-state index is 13.6. The molecule has 0 aromatic rings. The molecule has 3 saturated heterocycles. The quantitative estimate of drug-likeness (QED) is 0.156. The maximum atomic E-state index is 13.6. The largest absolute Gasteiger partial charge is 0.462 e. The third kappa shape index (κ3) is 10.5. The van der Waals surface area contributed by atoms with Crippen molar-refractivity contribution in [2.75, 3.05) is 34.9 Å². The standard InChI is InChI=1S/C39H65NO14/c1-11-29-25(19-49-38-36(48-10)35(47-9)33(46)23(5)51-38)37-39(6,54-37)14-12-27(42)20(2)16-24(13-15-41)34(21(3)28(43)18-30(44)52-29)53-31-17-26(40(7)8)32(45)22(4)50-31/h12,14-15,20-26,28-29,31-38,43,45-46H,11,13,16-19H2,1-10H3. The fraction of sp³-hybridized carbons (Fsp3) is 0.872. The molecule has 0 saturated carbocycles. The van der Waals surface area contributed by atoms with Crippen LogP contribution in [-0.2, 0) is 52.3 Å². The number of hydrogen-bond donors (Lipinski definition) is 3. The van der Waals surface area contributed by atoms with Crippen molar-refractivity contribution in [3.05, 3.63) is 12.2 Å². The summed E-state index contributed by atoms with van der Waals surface area (Å²) in [5.41, 5.74) is -0.878. The lowest BCUT2D eigenvalue weighted by atomic mass is 9.79. The number of methoxy groups -OCH3 is 2. The Morgan fingerprint density at radius 2 is 1.63 bits per heavy atom. The van der Waals surface area contributed by atoms with Gasteiger partial charge in [0.15, 0.2) is 18.4 Å². The molecule has 0 aromatic heterocycles. The van der Waals surface area contributed by atoms with E-state index in [1.165, 1.54) is 20.3 Å². The fourth-order valence-electron chi connectivity index (χ4n) is 8.33. The zero-order chi connectivity index (χ0) is 40.1.